The van der Waals surface area contributed by atoms with Crippen molar-refractivity contribution in [3.8, 4) is 16.9 Å². The summed E-state index contributed by atoms with van der Waals surface area (Å²) in [5, 5.41) is 6.02. The smallest absolute Gasteiger partial charge is 0.344 e. The van der Waals surface area contributed by atoms with Crippen LogP contribution in [0.3, 0.4) is 0 Å². The molecule has 0 spiro atoms. The van der Waals surface area contributed by atoms with Gasteiger partial charge in [-0.1, -0.05) is 66.2 Å². The van der Waals surface area contributed by atoms with Crippen LogP contribution in [0.15, 0.2) is 100 Å². The summed E-state index contributed by atoms with van der Waals surface area (Å²) in [4.78, 5) is 24.8. The largest absolute Gasteiger partial charge is 0.484 e. The number of hydrogen-bond acceptors (Lipinski definition) is 4. The molecule has 0 fully saturated rings. The van der Waals surface area contributed by atoms with Gasteiger partial charge >= 0.3 is 5.63 Å². The van der Waals surface area contributed by atoms with E-state index in [2.05, 4.69) is 5.32 Å². The molecule has 0 bridgehead atoms. The lowest BCUT2D eigenvalue weighted by atomic mass is 10.1. The molecule has 4 aromatic carbocycles. The van der Waals surface area contributed by atoms with Gasteiger partial charge in [0.2, 0.25) is 0 Å². The second kappa shape index (κ2) is 8.81. The summed E-state index contributed by atoms with van der Waals surface area (Å²) in [6.07, 6.45) is 0. The van der Waals surface area contributed by atoms with Crippen molar-refractivity contribution in [2.24, 2.45) is 0 Å². The van der Waals surface area contributed by atoms with Gasteiger partial charge in [0.1, 0.15) is 11.3 Å². The lowest BCUT2D eigenvalue weighted by molar-refractivity contribution is -0.118. The molecule has 0 unspecified atom stereocenters. The van der Waals surface area contributed by atoms with E-state index in [1.165, 1.54) is 0 Å². The summed E-state index contributed by atoms with van der Waals surface area (Å²) in [7, 11) is 0. The van der Waals surface area contributed by atoms with Gasteiger partial charge in [-0.05, 0) is 47.2 Å². The number of para-hydroxylation sites is 1. The van der Waals surface area contributed by atoms with Crippen LogP contribution < -0.4 is 15.7 Å². The number of rotatable bonds is 5. The van der Waals surface area contributed by atoms with E-state index in [0.29, 0.717) is 33.2 Å². The molecule has 0 aliphatic heterocycles. The van der Waals surface area contributed by atoms with Gasteiger partial charge in [0, 0.05) is 16.6 Å². The van der Waals surface area contributed by atoms with Crippen LogP contribution in [0.2, 0.25) is 5.02 Å². The zero-order valence-electron chi connectivity index (χ0n) is 17.4. The normalized spacial score (nSPS) is 10.9. The Morgan fingerprint density at radius 2 is 1.58 bits per heavy atom. The van der Waals surface area contributed by atoms with Crippen LogP contribution in [0, 0.1) is 0 Å². The topological polar surface area (TPSA) is 68.5 Å². The Labute approximate surface area is 194 Å². The first-order chi connectivity index (χ1) is 16.1. The van der Waals surface area contributed by atoms with Gasteiger partial charge < -0.3 is 14.5 Å². The van der Waals surface area contributed by atoms with E-state index in [1.54, 1.807) is 36.4 Å². The van der Waals surface area contributed by atoms with E-state index < -0.39 is 5.63 Å². The average Bonchev–Trinajstić information content (AvgIpc) is 2.82. The number of fused-ring (bicyclic) bond motifs is 2. The first kappa shape index (κ1) is 20.8. The third-order valence-electron chi connectivity index (χ3n) is 5.28. The molecule has 33 heavy (non-hydrogen) atoms. The Morgan fingerprint density at radius 1 is 0.818 bits per heavy atom. The van der Waals surface area contributed by atoms with Gasteiger partial charge in [-0.15, -0.1) is 0 Å². The highest BCUT2D eigenvalue weighted by molar-refractivity contribution is 6.33. The van der Waals surface area contributed by atoms with E-state index in [1.807, 2.05) is 54.6 Å². The molecule has 0 saturated heterocycles. The standard InChI is InChI=1S/C27H18ClNO4/c28-24-15-20(10-12-22(24)23-14-19-7-3-4-8-25(19)33-27(23)31)29-26(30)16-32-21-11-9-17-5-1-2-6-18(17)13-21/h1-15H,16H2,(H,29,30). The van der Waals surface area contributed by atoms with Gasteiger partial charge in [-0.2, -0.15) is 0 Å². The molecule has 0 atom stereocenters. The Hall–Kier alpha value is -4.09. The predicted molar refractivity (Wildman–Crippen MR) is 131 cm³/mol. The van der Waals surface area contributed by atoms with Crippen molar-refractivity contribution >= 4 is 44.9 Å². The molecule has 1 heterocycles. The predicted octanol–water partition coefficient (Wildman–Crippen LogP) is 6.28. The van der Waals surface area contributed by atoms with E-state index in [-0.39, 0.29) is 12.5 Å². The molecule has 1 N–H and O–H groups in total. The molecule has 1 aromatic heterocycles. The number of ether oxygens (including phenoxy) is 1. The Bertz CT molecular complexity index is 1560. The number of carbonyl (C=O) groups excluding carboxylic acids is 1. The third-order valence-corrected chi connectivity index (χ3v) is 5.59. The molecule has 0 aliphatic carbocycles. The average molecular weight is 456 g/mol. The molecule has 5 aromatic rings. The highest BCUT2D eigenvalue weighted by Crippen LogP contribution is 2.30. The number of carbonyl (C=O) groups is 1. The lowest BCUT2D eigenvalue weighted by Crippen LogP contribution is -2.20. The molecule has 0 aliphatic rings. The van der Waals surface area contributed by atoms with E-state index in [4.69, 9.17) is 20.8 Å². The molecule has 1 amide bonds. The van der Waals surface area contributed by atoms with Crippen LogP contribution >= 0.6 is 11.6 Å². The molecule has 5 rings (SSSR count). The summed E-state index contributed by atoms with van der Waals surface area (Å²) in [6, 6.07) is 27.6. The number of halogens is 1. The van der Waals surface area contributed by atoms with Gasteiger partial charge in [-0.25, -0.2) is 4.79 Å². The maximum absolute atomic E-state index is 12.4. The summed E-state index contributed by atoms with van der Waals surface area (Å²) >= 11 is 6.44. The SMILES string of the molecule is O=C(COc1ccc2ccccc2c1)Nc1ccc(-c2cc3ccccc3oc2=O)c(Cl)c1. The first-order valence-corrected chi connectivity index (χ1v) is 10.7. The number of nitrogens with one attached hydrogen (secondary N) is 1. The molecule has 6 heteroatoms. The maximum Gasteiger partial charge on any atom is 0.344 e. The van der Waals surface area contributed by atoms with Gasteiger partial charge in [0.15, 0.2) is 6.61 Å². The highest BCUT2D eigenvalue weighted by atomic mass is 35.5. The van der Waals surface area contributed by atoms with Crippen LogP contribution in [0.4, 0.5) is 5.69 Å². The fourth-order valence-electron chi connectivity index (χ4n) is 3.66. The summed E-state index contributed by atoms with van der Waals surface area (Å²) in [5.41, 5.74) is 1.42. The fourth-order valence-corrected chi connectivity index (χ4v) is 3.95. The first-order valence-electron chi connectivity index (χ1n) is 10.3. The number of benzene rings is 4. The Morgan fingerprint density at radius 3 is 2.39 bits per heavy atom. The minimum atomic E-state index is -0.476. The monoisotopic (exact) mass is 455 g/mol. The van der Waals surface area contributed by atoms with Crippen LogP contribution in [-0.4, -0.2) is 12.5 Å². The molecule has 0 saturated carbocycles. The fraction of sp³-hybridized carbons (Fsp3) is 0.0370. The number of anilines is 1. The molecule has 162 valence electrons. The highest BCUT2D eigenvalue weighted by Gasteiger charge is 2.13. The van der Waals surface area contributed by atoms with Crippen molar-refractivity contribution in [3.63, 3.8) is 0 Å². The van der Waals surface area contributed by atoms with E-state index in [0.717, 1.165) is 16.2 Å². The quantitative estimate of drug-likeness (QED) is 0.316. The van der Waals surface area contributed by atoms with Crippen molar-refractivity contribution in [1.82, 2.24) is 0 Å². The maximum atomic E-state index is 12.4. The third kappa shape index (κ3) is 4.45. The van der Waals surface area contributed by atoms with Gasteiger partial charge in [-0.3, -0.25) is 4.79 Å². The second-order valence-electron chi connectivity index (χ2n) is 7.53. The van der Waals surface area contributed by atoms with Crippen molar-refractivity contribution in [3.05, 3.63) is 106 Å². The molecular weight excluding hydrogens is 438 g/mol. The van der Waals surface area contributed by atoms with Crippen molar-refractivity contribution in [2.75, 3.05) is 11.9 Å². The Balaban J connectivity index is 1.29. The van der Waals surface area contributed by atoms with Crippen LogP contribution in [0.1, 0.15) is 0 Å². The summed E-state index contributed by atoms with van der Waals surface area (Å²) in [5.74, 6) is 0.289. The van der Waals surface area contributed by atoms with Gasteiger partial charge in [0.25, 0.3) is 5.91 Å². The minimum Gasteiger partial charge on any atom is -0.484 e. The Kier molecular flexibility index (Phi) is 5.55. The number of amides is 1. The zero-order chi connectivity index (χ0) is 22.8. The summed E-state index contributed by atoms with van der Waals surface area (Å²) < 4.78 is 11.0. The van der Waals surface area contributed by atoms with E-state index >= 15 is 0 Å². The number of hydrogen-bond donors (Lipinski definition) is 1. The van der Waals surface area contributed by atoms with E-state index in [9.17, 15) is 9.59 Å². The molecular formula is C27H18ClNO4. The second-order valence-corrected chi connectivity index (χ2v) is 7.93. The minimum absolute atomic E-state index is 0.147. The summed E-state index contributed by atoms with van der Waals surface area (Å²) in [6.45, 7) is -0.147. The van der Waals surface area contributed by atoms with Crippen molar-refractivity contribution < 1.29 is 13.9 Å². The molecule has 5 nitrogen and oxygen atoms in total. The van der Waals surface area contributed by atoms with Crippen LogP contribution in [0.5, 0.6) is 5.75 Å². The lowest BCUT2D eigenvalue weighted by Gasteiger charge is -2.10. The zero-order valence-corrected chi connectivity index (χ0v) is 18.1. The van der Waals surface area contributed by atoms with Gasteiger partial charge in [0.05, 0.1) is 10.6 Å². The molecule has 0 radical (unpaired) electrons. The van der Waals surface area contributed by atoms with Crippen LogP contribution in [0.25, 0.3) is 32.9 Å². The van der Waals surface area contributed by atoms with Crippen molar-refractivity contribution in [2.45, 2.75) is 0 Å². The van der Waals surface area contributed by atoms with Crippen LogP contribution in [-0.2, 0) is 4.79 Å². The van der Waals surface area contributed by atoms with Crippen molar-refractivity contribution in [1.29, 1.82) is 0 Å².